The van der Waals surface area contributed by atoms with E-state index in [1.165, 1.54) is 43.7 Å². The molecule has 0 spiro atoms. The molecule has 3 N–H and O–H groups in total. The predicted octanol–water partition coefficient (Wildman–Crippen LogP) is 5.76. The number of anilines is 3. The average Bonchev–Trinajstić information content (AvgIpc) is 3.56. The molecule has 8 nitrogen and oxygen atoms in total. The van der Waals surface area contributed by atoms with Crippen LogP contribution in [-0.4, -0.2) is 68.6 Å². The summed E-state index contributed by atoms with van der Waals surface area (Å²) in [6.45, 7) is 4.74. The van der Waals surface area contributed by atoms with Gasteiger partial charge in [0.2, 0.25) is 0 Å². The number of nitrogens with two attached hydrogens (primary N) is 1. The van der Waals surface area contributed by atoms with Crippen LogP contribution in [0.5, 0.6) is 0 Å². The van der Waals surface area contributed by atoms with E-state index < -0.39 is 0 Å². The van der Waals surface area contributed by atoms with Crippen molar-refractivity contribution >= 4 is 49.2 Å². The van der Waals surface area contributed by atoms with Gasteiger partial charge in [0, 0.05) is 55.7 Å². The van der Waals surface area contributed by atoms with Crippen molar-refractivity contribution in [3.63, 3.8) is 0 Å². The number of thiazole rings is 1. The summed E-state index contributed by atoms with van der Waals surface area (Å²) in [4.78, 5) is 18.9. The normalized spacial score (nSPS) is 21.1. The summed E-state index contributed by atoms with van der Waals surface area (Å²) >= 11 is 1.66. The number of para-hydroxylation sites is 1. The predicted molar refractivity (Wildman–Crippen MR) is 161 cm³/mol. The van der Waals surface area contributed by atoms with E-state index in [4.69, 9.17) is 15.7 Å². The van der Waals surface area contributed by atoms with E-state index in [0.29, 0.717) is 17.9 Å². The molecule has 0 radical (unpaired) electrons. The number of rotatable bonds is 5. The molecule has 0 amide bonds. The van der Waals surface area contributed by atoms with Crippen LogP contribution in [0, 0.1) is 0 Å². The molecule has 0 bridgehead atoms. The Morgan fingerprint density at radius 2 is 1.64 bits per heavy atom. The highest BCUT2D eigenvalue weighted by atomic mass is 32.1. The van der Waals surface area contributed by atoms with Gasteiger partial charge in [-0.25, -0.2) is 15.0 Å². The second-order valence-electron chi connectivity index (χ2n) is 10.9. The van der Waals surface area contributed by atoms with Crippen LogP contribution in [0.15, 0.2) is 61.1 Å². The van der Waals surface area contributed by atoms with Crippen molar-refractivity contribution in [2.45, 2.75) is 37.8 Å². The Kier molecular flexibility index (Phi) is 6.42. The first-order valence-electron chi connectivity index (χ1n) is 13.9. The van der Waals surface area contributed by atoms with Gasteiger partial charge < -0.3 is 20.5 Å². The van der Waals surface area contributed by atoms with Crippen molar-refractivity contribution in [3.8, 4) is 11.1 Å². The standard InChI is InChI=1S/C30H34N8S/c1-36-14-16-37(17-15-36)22-10-12-23(13-11-22)38-18-24(27-28(31)32-19-33-29(27)38)20-6-8-21(9-7-20)34-30-35-25-4-2-3-5-26(25)39-30/h2-9,18-19,22-23H,10-17H2,1H3,(H,34,35)(H2,31,32,33)/t22-,23+. The number of hydrogen-bond donors (Lipinski definition) is 2. The van der Waals surface area contributed by atoms with Crippen LogP contribution >= 0.6 is 11.3 Å². The molecule has 2 aliphatic rings. The van der Waals surface area contributed by atoms with Gasteiger partial charge in [0.15, 0.2) is 5.13 Å². The maximum Gasteiger partial charge on any atom is 0.188 e. The second-order valence-corrected chi connectivity index (χ2v) is 11.9. The summed E-state index contributed by atoms with van der Waals surface area (Å²) in [5, 5.41) is 5.30. The van der Waals surface area contributed by atoms with Crippen LogP contribution in [0.4, 0.5) is 16.6 Å². The second kappa shape index (κ2) is 10.2. The third-order valence-electron chi connectivity index (χ3n) is 8.49. The number of fused-ring (bicyclic) bond motifs is 2. The summed E-state index contributed by atoms with van der Waals surface area (Å²) in [7, 11) is 2.23. The van der Waals surface area contributed by atoms with Gasteiger partial charge in [-0.2, -0.15) is 0 Å². The fourth-order valence-electron chi connectivity index (χ4n) is 6.28. The number of nitrogen functional groups attached to an aromatic ring is 1. The van der Waals surface area contributed by atoms with E-state index in [1.807, 2.05) is 18.2 Å². The van der Waals surface area contributed by atoms with Crippen molar-refractivity contribution in [1.82, 2.24) is 29.3 Å². The maximum absolute atomic E-state index is 6.44. The molecule has 1 aliphatic carbocycles. The van der Waals surface area contributed by atoms with Gasteiger partial charge in [-0.05, 0) is 62.6 Å². The quantitative estimate of drug-likeness (QED) is 0.294. The van der Waals surface area contributed by atoms with E-state index in [2.05, 4.69) is 68.2 Å². The fraction of sp³-hybridized carbons (Fsp3) is 0.367. The highest BCUT2D eigenvalue weighted by Gasteiger charge is 2.30. The van der Waals surface area contributed by atoms with E-state index in [-0.39, 0.29) is 0 Å². The zero-order valence-corrected chi connectivity index (χ0v) is 23.1. The van der Waals surface area contributed by atoms with Crippen LogP contribution in [0.1, 0.15) is 31.7 Å². The Morgan fingerprint density at radius 3 is 2.41 bits per heavy atom. The number of benzene rings is 2. The lowest BCUT2D eigenvalue weighted by molar-refractivity contribution is 0.0828. The third-order valence-corrected chi connectivity index (χ3v) is 9.45. The number of likely N-dealkylation sites (N-methyl/N-ethyl adjacent to an activating group) is 1. The molecule has 7 rings (SSSR count). The summed E-state index contributed by atoms with van der Waals surface area (Å²) in [6, 6.07) is 17.8. The minimum absolute atomic E-state index is 0.430. The first-order valence-corrected chi connectivity index (χ1v) is 14.7. The van der Waals surface area contributed by atoms with Gasteiger partial charge in [0.1, 0.15) is 17.8 Å². The Bertz CT molecular complexity index is 1560. The minimum atomic E-state index is 0.430. The molecule has 39 heavy (non-hydrogen) atoms. The number of hydrogen-bond acceptors (Lipinski definition) is 8. The monoisotopic (exact) mass is 538 g/mol. The minimum Gasteiger partial charge on any atom is -0.383 e. The third kappa shape index (κ3) is 4.75. The number of aromatic nitrogens is 4. The van der Waals surface area contributed by atoms with E-state index in [9.17, 15) is 0 Å². The molecule has 200 valence electrons. The van der Waals surface area contributed by atoms with Crippen molar-refractivity contribution in [2.75, 3.05) is 44.3 Å². The van der Waals surface area contributed by atoms with E-state index in [1.54, 1.807) is 17.7 Å². The Balaban J connectivity index is 1.12. The summed E-state index contributed by atoms with van der Waals surface area (Å²) in [5.41, 5.74) is 11.6. The SMILES string of the molecule is CN1CCN([C@H]2CC[C@@H](n3cc(-c4ccc(Nc5nc6ccccc6s5)cc4)c4c(N)ncnc43)CC2)CC1. The van der Waals surface area contributed by atoms with Crippen LogP contribution in [0.25, 0.3) is 32.4 Å². The lowest BCUT2D eigenvalue weighted by Gasteiger charge is -2.41. The van der Waals surface area contributed by atoms with Crippen molar-refractivity contribution < 1.29 is 0 Å². The number of nitrogens with one attached hydrogen (secondary N) is 1. The molecule has 0 unspecified atom stereocenters. The van der Waals surface area contributed by atoms with Gasteiger partial charge >= 0.3 is 0 Å². The van der Waals surface area contributed by atoms with Crippen LogP contribution < -0.4 is 11.1 Å². The van der Waals surface area contributed by atoms with Crippen LogP contribution in [0.2, 0.25) is 0 Å². The molecule has 1 aliphatic heterocycles. The van der Waals surface area contributed by atoms with Crippen LogP contribution in [0.3, 0.4) is 0 Å². The molecule has 2 fully saturated rings. The molecule has 2 aromatic carbocycles. The Labute approximate surface area is 232 Å². The first kappa shape index (κ1) is 24.5. The maximum atomic E-state index is 6.44. The molecule has 1 saturated heterocycles. The number of piperazine rings is 1. The molecule has 5 aromatic rings. The average molecular weight is 539 g/mol. The zero-order valence-electron chi connectivity index (χ0n) is 22.3. The molecular formula is C30H34N8S. The van der Waals surface area contributed by atoms with Gasteiger partial charge in [0.05, 0.1) is 15.6 Å². The topological polar surface area (TPSA) is 88.1 Å². The van der Waals surface area contributed by atoms with Gasteiger partial charge in [-0.1, -0.05) is 35.6 Å². The lowest BCUT2D eigenvalue weighted by Crippen LogP contribution is -2.49. The highest BCUT2D eigenvalue weighted by Crippen LogP contribution is 2.39. The van der Waals surface area contributed by atoms with Crippen LogP contribution in [-0.2, 0) is 0 Å². The molecule has 9 heteroatoms. The molecule has 3 aromatic heterocycles. The van der Waals surface area contributed by atoms with E-state index >= 15 is 0 Å². The zero-order chi connectivity index (χ0) is 26.3. The molecule has 0 atom stereocenters. The molecule has 1 saturated carbocycles. The van der Waals surface area contributed by atoms with Crippen molar-refractivity contribution in [3.05, 3.63) is 61.1 Å². The smallest absolute Gasteiger partial charge is 0.188 e. The summed E-state index contributed by atoms with van der Waals surface area (Å²) < 4.78 is 3.55. The Hall–Kier alpha value is -3.53. The van der Waals surface area contributed by atoms with Gasteiger partial charge in [-0.3, -0.25) is 4.90 Å². The first-order chi connectivity index (χ1) is 19.1. The van der Waals surface area contributed by atoms with Gasteiger partial charge in [-0.15, -0.1) is 0 Å². The van der Waals surface area contributed by atoms with Gasteiger partial charge in [0.25, 0.3) is 0 Å². The largest absolute Gasteiger partial charge is 0.383 e. The fourth-order valence-corrected chi connectivity index (χ4v) is 7.16. The summed E-state index contributed by atoms with van der Waals surface area (Å²) in [5.74, 6) is 0.538. The lowest BCUT2D eigenvalue weighted by atomic mass is 9.89. The Morgan fingerprint density at radius 1 is 0.897 bits per heavy atom. The highest BCUT2D eigenvalue weighted by molar-refractivity contribution is 7.22. The summed E-state index contributed by atoms with van der Waals surface area (Å²) in [6.07, 6.45) is 8.64. The molecular weight excluding hydrogens is 504 g/mol. The van der Waals surface area contributed by atoms with E-state index in [0.717, 1.165) is 51.3 Å². The number of nitrogens with zero attached hydrogens (tertiary/aromatic N) is 6. The van der Waals surface area contributed by atoms with Crippen molar-refractivity contribution in [1.29, 1.82) is 0 Å². The van der Waals surface area contributed by atoms with Crippen molar-refractivity contribution in [2.24, 2.45) is 0 Å². The molecule has 4 heterocycles.